The van der Waals surface area contributed by atoms with Crippen LogP contribution in [0, 0.1) is 39.9 Å². The van der Waals surface area contributed by atoms with E-state index in [1.807, 2.05) is 0 Å². The normalized spacial score (nSPS) is 55.2. The largest absolute Gasteiger partial charge is 0.393 e. The minimum atomic E-state index is -1.13. The Labute approximate surface area is 139 Å². The second kappa shape index (κ2) is 4.83. The minimum Gasteiger partial charge on any atom is -0.393 e. The summed E-state index contributed by atoms with van der Waals surface area (Å²) in [7, 11) is 0. The van der Waals surface area contributed by atoms with Crippen molar-refractivity contribution in [1.82, 2.24) is 0 Å². The highest BCUT2D eigenvalue weighted by Gasteiger charge is 2.64. The van der Waals surface area contributed by atoms with Gasteiger partial charge in [0.1, 0.15) is 0 Å². The lowest BCUT2D eigenvalue weighted by atomic mass is 9.47. The van der Waals surface area contributed by atoms with Gasteiger partial charge in [0.15, 0.2) is 5.60 Å². The molecule has 4 rings (SSSR count). The number of fused-ring (bicyclic) bond motifs is 5. The van der Waals surface area contributed by atoms with Crippen LogP contribution < -0.4 is 0 Å². The van der Waals surface area contributed by atoms with Gasteiger partial charge in [-0.15, -0.1) is 0 Å². The van der Waals surface area contributed by atoms with Crippen LogP contribution in [0.1, 0.15) is 65.2 Å². The number of hydrogen-bond acceptors (Lipinski definition) is 3. The summed E-state index contributed by atoms with van der Waals surface area (Å²) in [6.07, 6.45) is 9.89. The van der Waals surface area contributed by atoms with Crippen LogP contribution >= 0.6 is 0 Å². The molecule has 0 radical (unpaired) electrons. The molecule has 0 bridgehead atoms. The number of rotatable bonds is 0. The zero-order chi connectivity index (χ0) is 16.5. The molecule has 4 aliphatic rings. The molecule has 0 aromatic heterocycles. The zero-order valence-electron chi connectivity index (χ0n) is 14.4. The molecule has 1 unspecified atom stereocenters. The molecule has 0 aliphatic heterocycles. The molecule has 3 heteroatoms. The first-order valence-corrected chi connectivity index (χ1v) is 9.35. The molecular formula is C20H29NO2. The summed E-state index contributed by atoms with van der Waals surface area (Å²) < 4.78 is 0. The molecule has 3 saturated carbocycles. The second-order valence-corrected chi connectivity index (χ2v) is 9.12. The van der Waals surface area contributed by atoms with Gasteiger partial charge in [0, 0.05) is 5.41 Å². The van der Waals surface area contributed by atoms with E-state index in [1.54, 1.807) is 0 Å². The summed E-state index contributed by atoms with van der Waals surface area (Å²) in [6.45, 7) is 4.58. The minimum absolute atomic E-state index is 0.158. The van der Waals surface area contributed by atoms with Gasteiger partial charge < -0.3 is 10.2 Å². The molecule has 4 aliphatic carbocycles. The van der Waals surface area contributed by atoms with Crippen LogP contribution in [-0.2, 0) is 0 Å². The van der Waals surface area contributed by atoms with Crippen molar-refractivity contribution >= 4 is 0 Å². The van der Waals surface area contributed by atoms with E-state index in [4.69, 9.17) is 0 Å². The van der Waals surface area contributed by atoms with Gasteiger partial charge in [0.25, 0.3) is 0 Å². The van der Waals surface area contributed by atoms with Crippen molar-refractivity contribution in [2.24, 2.45) is 28.6 Å². The highest BCUT2D eigenvalue weighted by atomic mass is 16.3. The van der Waals surface area contributed by atoms with Gasteiger partial charge in [-0.3, -0.25) is 0 Å². The fourth-order valence-corrected chi connectivity index (χ4v) is 6.84. The summed E-state index contributed by atoms with van der Waals surface area (Å²) in [4.78, 5) is 0. The molecule has 0 amide bonds. The molecule has 7 atom stereocenters. The van der Waals surface area contributed by atoms with Gasteiger partial charge in [-0.2, -0.15) is 5.26 Å². The highest BCUT2D eigenvalue weighted by molar-refractivity contribution is 5.27. The highest BCUT2D eigenvalue weighted by Crippen LogP contribution is 2.66. The van der Waals surface area contributed by atoms with Crippen molar-refractivity contribution < 1.29 is 10.2 Å². The Hall–Kier alpha value is -0.850. The summed E-state index contributed by atoms with van der Waals surface area (Å²) in [6, 6.07) is 2.25. The number of allylic oxidation sites excluding steroid dienone is 1. The van der Waals surface area contributed by atoms with Crippen molar-refractivity contribution in [3.05, 3.63) is 11.6 Å². The molecule has 3 fully saturated rings. The maximum Gasteiger partial charge on any atom is 0.156 e. The van der Waals surface area contributed by atoms with E-state index in [-0.39, 0.29) is 16.9 Å². The van der Waals surface area contributed by atoms with Gasteiger partial charge in [0.2, 0.25) is 0 Å². The first kappa shape index (κ1) is 15.7. The van der Waals surface area contributed by atoms with Crippen molar-refractivity contribution in [3.63, 3.8) is 0 Å². The predicted molar refractivity (Wildman–Crippen MR) is 88.3 cm³/mol. The lowest BCUT2D eigenvalue weighted by Crippen LogP contribution is -2.54. The summed E-state index contributed by atoms with van der Waals surface area (Å²) in [5.41, 5.74) is 0.348. The first-order chi connectivity index (χ1) is 10.8. The number of aliphatic hydroxyl groups is 2. The number of nitrogens with zero attached hydrogens (tertiary/aromatic N) is 1. The number of aliphatic hydroxyl groups excluding tert-OH is 1. The smallest absolute Gasteiger partial charge is 0.156 e. The molecule has 0 saturated heterocycles. The second-order valence-electron chi connectivity index (χ2n) is 9.12. The molecule has 3 nitrogen and oxygen atoms in total. The van der Waals surface area contributed by atoms with E-state index in [9.17, 15) is 15.5 Å². The fourth-order valence-electron chi connectivity index (χ4n) is 6.84. The number of nitriles is 1. The van der Waals surface area contributed by atoms with E-state index in [1.165, 1.54) is 5.57 Å². The predicted octanol–water partition coefficient (Wildman–Crippen LogP) is 3.56. The lowest BCUT2D eigenvalue weighted by molar-refractivity contribution is -0.0978. The van der Waals surface area contributed by atoms with Crippen LogP contribution in [0.3, 0.4) is 0 Å². The van der Waals surface area contributed by atoms with Crippen LogP contribution in [0.15, 0.2) is 11.6 Å². The van der Waals surface area contributed by atoms with Gasteiger partial charge in [0.05, 0.1) is 12.2 Å². The van der Waals surface area contributed by atoms with E-state index >= 15 is 0 Å². The average molecular weight is 316 g/mol. The van der Waals surface area contributed by atoms with Crippen molar-refractivity contribution in [2.75, 3.05) is 0 Å². The molecule has 23 heavy (non-hydrogen) atoms. The molecule has 0 heterocycles. The van der Waals surface area contributed by atoms with Crippen molar-refractivity contribution in [3.8, 4) is 6.07 Å². The average Bonchev–Trinajstić information content (AvgIpc) is 2.80. The van der Waals surface area contributed by atoms with E-state index < -0.39 is 5.60 Å². The van der Waals surface area contributed by atoms with Crippen LogP contribution in [0.5, 0.6) is 0 Å². The van der Waals surface area contributed by atoms with Gasteiger partial charge >= 0.3 is 0 Å². The van der Waals surface area contributed by atoms with Gasteiger partial charge in [-0.25, -0.2) is 0 Å². The number of hydrogen-bond donors (Lipinski definition) is 2. The van der Waals surface area contributed by atoms with Crippen molar-refractivity contribution in [1.29, 1.82) is 5.26 Å². The molecule has 2 N–H and O–H groups in total. The third kappa shape index (κ3) is 1.88. The van der Waals surface area contributed by atoms with Gasteiger partial charge in [-0.1, -0.05) is 25.5 Å². The van der Waals surface area contributed by atoms with E-state index in [0.717, 1.165) is 44.9 Å². The SMILES string of the molecule is C[C@]12CC[C@H](O)CC1=CC[C@@H]1[C@@H]2CC[C@@]2(C)[C@H]1CCC2(O)[13C]#N. The van der Waals surface area contributed by atoms with Crippen LogP contribution in [-0.4, -0.2) is 21.9 Å². The van der Waals surface area contributed by atoms with Crippen LogP contribution in [0.4, 0.5) is 0 Å². The molecule has 0 aromatic carbocycles. The molecule has 126 valence electrons. The zero-order valence-corrected chi connectivity index (χ0v) is 14.4. The Bertz CT molecular complexity index is 593. The quantitative estimate of drug-likeness (QED) is 0.408. The van der Waals surface area contributed by atoms with Crippen LogP contribution in [0.2, 0.25) is 0 Å². The molecule has 0 spiro atoms. The van der Waals surface area contributed by atoms with E-state index in [2.05, 4.69) is 26.0 Å². The Morgan fingerprint density at radius 1 is 1.13 bits per heavy atom. The molecule has 0 aromatic rings. The lowest BCUT2D eigenvalue weighted by Gasteiger charge is -2.58. The Morgan fingerprint density at radius 3 is 2.61 bits per heavy atom. The maximum atomic E-state index is 10.9. The Kier molecular flexibility index (Phi) is 3.29. The topological polar surface area (TPSA) is 64.2 Å². The maximum absolute atomic E-state index is 10.9. The Balaban J connectivity index is 1.69. The van der Waals surface area contributed by atoms with Gasteiger partial charge in [-0.05, 0) is 74.5 Å². The summed E-state index contributed by atoms with van der Waals surface area (Å²) in [5.74, 6) is 1.72. The standard InChI is InChI=1S/C20H29NO2/c1-18-8-5-14(22)11-13(18)3-4-15-16(18)6-9-19(2)17(15)7-10-20(19,23)12-21/h3,14-17,22-23H,4-11H2,1-2H3/t14-,15+,16-,17-,18-,19-,20?/m0/s1/i12+1. The summed E-state index contributed by atoms with van der Waals surface area (Å²) >= 11 is 0. The van der Waals surface area contributed by atoms with E-state index in [0.29, 0.717) is 24.2 Å². The monoisotopic (exact) mass is 316 g/mol. The summed E-state index contributed by atoms with van der Waals surface area (Å²) in [5, 5.41) is 30.5. The molecular weight excluding hydrogens is 287 g/mol. The van der Waals surface area contributed by atoms with Crippen molar-refractivity contribution in [2.45, 2.75) is 76.9 Å². The Morgan fingerprint density at radius 2 is 1.87 bits per heavy atom. The first-order valence-electron chi connectivity index (χ1n) is 9.35. The van der Waals surface area contributed by atoms with Crippen LogP contribution in [0.25, 0.3) is 0 Å². The fraction of sp³-hybridized carbons (Fsp3) is 0.850. The third-order valence-corrected chi connectivity index (χ3v) is 8.41. The third-order valence-electron chi connectivity index (χ3n) is 8.41.